The fraction of sp³-hybridized carbons (Fsp3) is 0.333. The molecule has 8 heteroatoms. The fourth-order valence-corrected chi connectivity index (χ4v) is 2.21. The molecule has 118 valence electrons. The lowest BCUT2D eigenvalue weighted by Crippen LogP contribution is -2.37. The van der Waals surface area contributed by atoms with Crippen molar-refractivity contribution in [2.45, 2.75) is 0 Å². The molecule has 0 bridgehead atoms. The first-order chi connectivity index (χ1) is 11.3. The van der Waals surface area contributed by atoms with E-state index in [0.29, 0.717) is 38.2 Å². The Kier molecular flexibility index (Phi) is 4.49. The van der Waals surface area contributed by atoms with Gasteiger partial charge in [0.05, 0.1) is 20.3 Å². The Hall–Kier alpha value is -2.92. The minimum Gasteiger partial charge on any atom is -0.497 e. The lowest BCUT2D eigenvalue weighted by atomic mass is 10.3. The van der Waals surface area contributed by atoms with Crippen LogP contribution >= 0.6 is 0 Å². The van der Waals surface area contributed by atoms with Crippen molar-refractivity contribution in [2.75, 3.05) is 43.6 Å². The van der Waals surface area contributed by atoms with Gasteiger partial charge in [-0.1, -0.05) is 6.07 Å². The van der Waals surface area contributed by atoms with Crippen LogP contribution in [-0.2, 0) is 4.74 Å². The van der Waals surface area contributed by atoms with Gasteiger partial charge in [0.15, 0.2) is 0 Å². The molecular weight excluding hydrogens is 296 g/mol. The smallest absolute Gasteiger partial charge is 0.238 e. The molecule has 1 aliphatic heterocycles. The number of hydrogen-bond acceptors (Lipinski definition) is 8. The Balaban J connectivity index is 1.87. The monoisotopic (exact) mass is 312 g/mol. The molecule has 1 aromatic carbocycles. The summed E-state index contributed by atoms with van der Waals surface area (Å²) in [5.41, 5.74) is 0.771. The molecule has 2 heterocycles. The second-order valence-corrected chi connectivity index (χ2v) is 4.85. The third-order valence-corrected chi connectivity index (χ3v) is 3.34. The van der Waals surface area contributed by atoms with Gasteiger partial charge in [0, 0.05) is 24.8 Å². The van der Waals surface area contributed by atoms with E-state index in [1.54, 1.807) is 7.11 Å². The van der Waals surface area contributed by atoms with Crippen molar-refractivity contribution in [3.8, 4) is 11.8 Å². The second-order valence-electron chi connectivity index (χ2n) is 4.85. The molecule has 8 nitrogen and oxygen atoms in total. The molecule has 1 fully saturated rings. The second kappa shape index (κ2) is 6.89. The van der Waals surface area contributed by atoms with Gasteiger partial charge < -0.3 is 19.7 Å². The van der Waals surface area contributed by atoms with Crippen molar-refractivity contribution in [3.63, 3.8) is 0 Å². The average Bonchev–Trinajstić information content (AvgIpc) is 2.62. The zero-order valence-electron chi connectivity index (χ0n) is 12.7. The predicted molar refractivity (Wildman–Crippen MR) is 83.9 cm³/mol. The fourth-order valence-electron chi connectivity index (χ4n) is 2.21. The van der Waals surface area contributed by atoms with Gasteiger partial charge in [0.1, 0.15) is 11.8 Å². The Labute approximate surface area is 133 Å². The van der Waals surface area contributed by atoms with Crippen molar-refractivity contribution in [1.29, 1.82) is 5.26 Å². The summed E-state index contributed by atoms with van der Waals surface area (Å²) in [6, 6.07) is 9.37. The molecule has 0 aliphatic carbocycles. The molecule has 1 aromatic heterocycles. The molecule has 0 amide bonds. The zero-order valence-corrected chi connectivity index (χ0v) is 12.7. The molecule has 0 atom stereocenters. The highest BCUT2D eigenvalue weighted by molar-refractivity contribution is 5.57. The predicted octanol–water partition coefficient (Wildman–Crippen LogP) is 1.33. The zero-order chi connectivity index (χ0) is 16.1. The first kappa shape index (κ1) is 15.0. The van der Waals surface area contributed by atoms with E-state index in [4.69, 9.17) is 14.7 Å². The Morgan fingerprint density at radius 3 is 2.83 bits per heavy atom. The molecule has 1 N–H and O–H groups in total. The van der Waals surface area contributed by atoms with E-state index in [-0.39, 0.29) is 5.82 Å². The number of benzene rings is 1. The van der Waals surface area contributed by atoms with Crippen LogP contribution < -0.4 is 15.0 Å². The molecule has 1 saturated heterocycles. The number of nitrogens with zero attached hydrogens (tertiary/aromatic N) is 5. The van der Waals surface area contributed by atoms with Crippen molar-refractivity contribution in [2.24, 2.45) is 0 Å². The van der Waals surface area contributed by atoms with Gasteiger partial charge in [-0.3, -0.25) is 0 Å². The molecule has 0 spiro atoms. The molecule has 0 radical (unpaired) electrons. The quantitative estimate of drug-likeness (QED) is 0.903. The van der Waals surface area contributed by atoms with E-state index in [9.17, 15) is 0 Å². The number of nitrogens with one attached hydrogen (secondary N) is 1. The maximum absolute atomic E-state index is 9.14. The Morgan fingerprint density at radius 1 is 1.26 bits per heavy atom. The summed E-state index contributed by atoms with van der Waals surface area (Å²) in [4.78, 5) is 14.7. The van der Waals surface area contributed by atoms with Gasteiger partial charge in [-0.2, -0.15) is 20.2 Å². The molecule has 0 saturated carbocycles. The summed E-state index contributed by atoms with van der Waals surface area (Å²) in [5.74, 6) is 1.60. The van der Waals surface area contributed by atoms with Crippen LogP contribution in [0.2, 0.25) is 0 Å². The van der Waals surface area contributed by atoms with E-state index in [1.807, 2.05) is 35.2 Å². The number of rotatable bonds is 4. The summed E-state index contributed by atoms with van der Waals surface area (Å²) >= 11 is 0. The number of anilines is 3. The molecular formula is C15H16N6O2. The maximum atomic E-state index is 9.14. The molecule has 23 heavy (non-hydrogen) atoms. The minimum atomic E-state index is 0.0758. The van der Waals surface area contributed by atoms with Crippen LogP contribution in [0.3, 0.4) is 0 Å². The van der Waals surface area contributed by atoms with Crippen LogP contribution in [0.5, 0.6) is 5.75 Å². The van der Waals surface area contributed by atoms with Gasteiger partial charge in [-0.05, 0) is 12.1 Å². The Bertz CT molecular complexity index is 724. The van der Waals surface area contributed by atoms with Crippen LogP contribution in [0.4, 0.5) is 17.6 Å². The first-order valence-electron chi connectivity index (χ1n) is 7.18. The summed E-state index contributed by atoms with van der Waals surface area (Å²) in [6.45, 7) is 2.61. The van der Waals surface area contributed by atoms with Gasteiger partial charge in [-0.15, -0.1) is 0 Å². The SMILES string of the molecule is COc1cccc(Nc2nc(C#N)nc(N3CCOCC3)n2)c1. The van der Waals surface area contributed by atoms with Crippen LogP contribution in [0.1, 0.15) is 5.82 Å². The van der Waals surface area contributed by atoms with Crippen molar-refractivity contribution < 1.29 is 9.47 Å². The van der Waals surface area contributed by atoms with Crippen LogP contribution in [0, 0.1) is 11.3 Å². The number of nitriles is 1. The standard InChI is InChI=1S/C15H16N6O2/c1-22-12-4-2-3-11(9-12)17-14-18-13(10-16)19-15(20-14)21-5-7-23-8-6-21/h2-4,9H,5-8H2,1H3,(H,17,18,19,20). The average molecular weight is 312 g/mol. The lowest BCUT2D eigenvalue weighted by Gasteiger charge is -2.26. The Morgan fingerprint density at radius 2 is 2.09 bits per heavy atom. The van der Waals surface area contributed by atoms with E-state index in [1.165, 1.54) is 0 Å². The molecule has 2 aromatic rings. The van der Waals surface area contributed by atoms with Gasteiger partial charge >= 0.3 is 0 Å². The van der Waals surface area contributed by atoms with Crippen LogP contribution in [0.15, 0.2) is 24.3 Å². The normalized spacial score (nSPS) is 14.2. The topological polar surface area (TPSA) is 96.2 Å². The van der Waals surface area contributed by atoms with Crippen LogP contribution in [-0.4, -0.2) is 48.4 Å². The number of aromatic nitrogens is 3. The summed E-state index contributed by atoms with van der Waals surface area (Å²) in [5, 5.41) is 12.2. The highest BCUT2D eigenvalue weighted by Crippen LogP contribution is 2.20. The van der Waals surface area contributed by atoms with E-state index >= 15 is 0 Å². The number of hydrogen-bond donors (Lipinski definition) is 1. The maximum Gasteiger partial charge on any atom is 0.238 e. The van der Waals surface area contributed by atoms with E-state index < -0.39 is 0 Å². The number of morpholine rings is 1. The largest absolute Gasteiger partial charge is 0.497 e. The summed E-state index contributed by atoms with van der Waals surface area (Å²) in [7, 11) is 1.60. The molecule has 3 rings (SSSR count). The van der Waals surface area contributed by atoms with Crippen molar-refractivity contribution >= 4 is 17.6 Å². The first-order valence-corrected chi connectivity index (χ1v) is 7.18. The minimum absolute atomic E-state index is 0.0758. The summed E-state index contributed by atoms with van der Waals surface area (Å²) in [6.07, 6.45) is 0. The third-order valence-electron chi connectivity index (χ3n) is 3.34. The number of methoxy groups -OCH3 is 1. The van der Waals surface area contributed by atoms with Crippen molar-refractivity contribution in [3.05, 3.63) is 30.1 Å². The van der Waals surface area contributed by atoms with Crippen molar-refractivity contribution in [1.82, 2.24) is 15.0 Å². The molecule has 0 unspecified atom stereocenters. The number of ether oxygens (including phenoxy) is 2. The van der Waals surface area contributed by atoms with Crippen LogP contribution in [0.25, 0.3) is 0 Å². The van der Waals surface area contributed by atoms with E-state index in [2.05, 4.69) is 20.3 Å². The van der Waals surface area contributed by atoms with E-state index in [0.717, 1.165) is 11.4 Å². The summed E-state index contributed by atoms with van der Waals surface area (Å²) < 4.78 is 10.5. The van der Waals surface area contributed by atoms with Gasteiger partial charge in [0.2, 0.25) is 17.7 Å². The molecule has 1 aliphatic rings. The highest BCUT2D eigenvalue weighted by Gasteiger charge is 2.16. The van der Waals surface area contributed by atoms with Gasteiger partial charge in [0.25, 0.3) is 0 Å². The lowest BCUT2D eigenvalue weighted by molar-refractivity contribution is 0.122. The third kappa shape index (κ3) is 3.64. The van der Waals surface area contributed by atoms with Gasteiger partial charge in [-0.25, -0.2) is 0 Å². The highest BCUT2D eigenvalue weighted by atomic mass is 16.5.